The molecule has 0 unspecified atom stereocenters. The third kappa shape index (κ3) is 4.70. The Morgan fingerprint density at radius 2 is 1.28 bits per heavy atom. The second kappa shape index (κ2) is 9.97. The Morgan fingerprint density at radius 3 is 1.77 bits per heavy atom. The van der Waals surface area contributed by atoms with E-state index in [1.165, 1.54) is 53.1 Å². The predicted molar refractivity (Wildman–Crippen MR) is 190 cm³/mol. The second-order valence-electron chi connectivity index (χ2n) is 17.5. The van der Waals surface area contributed by atoms with E-state index in [0.717, 1.165) is 42.9 Å². The fourth-order valence-electron chi connectivity index (χ4n) is 9.31. The average molecular weight is 649 g/mol. The molecule has 0 amide bonds. The largest absolute Gasteiger partial charge is 0.456 e. The van der Waals surface area contributed by atoms with E-state index in [2.05, 4.69) is 73.9 Å². The lowest BCUT2D eigenvalue weighted by atomic mass is 9.78. The van der Waals surface area contributed by atoms with E-state index in [1.54, 1.807) is 12.1 Å². The summed E-state index contributed by atoms with van der Waals surface area (Å²) in [6, 6.07) is 21.7. The van der Waals surface area contributed by atoms with Crippen LogP contribution in [0.3, 0.4) is 0 Å². The molecule has 3 aromatic carbocycles. The van der Waals surface area contributed by atoms with Crippen LogP contribution < -0.4 is 20.2 Å². The molecule has 0 aromatic heterocycles. The molecular formula is C40H48N2O4Si. The SMILES string of the molecule is CC1(C)CN(c2ccc3c(c2)[Si]2(CCCCC2)c2cc(N4CC(C)(C)C4)ccc2C32OC(=O)c3ccc(C(=O)OC(C)(C)C)cc32)C1. The third-order valence-electron chi connectivity index (χ3n) is 11.2. The van der Waals surface area contributed by atoms with Crippen molar-refractivity contribution in [3.8, 4) is 0 Å². The summed E-state index contributed by atoms with van der Waals surface area (Å²) in [5.74, 6) is -0.730. The van der Waals surface area contributed by atoms with Gasteiger partial charge in [0.2, 0.25) is 0 Å². The molecule has 3 aromatic rings. The fourth-order valence-corrected chi connectivity index (χ4v) is 15.0. The van der Waals surface area contributed by atoms with Crippen LogP contribution in [0.25, 0.3) is 0 Å². The zero-order valence-electron chi connectivity index (χ0n) is 29.1. The summed E-state index contributed by atoms with van der Waals surface area (Å²) in [5.41, 5.74) is 5.30. The zero-order valence-corrected chi connectivity index (χ0v) is 30.1. The number of carbonyl (C=O) groups is 2. The molecular weight excluding hydrogens is 601 g/mol. The van der Waals surface area contributed by atoms with Gasteiger partial charge in [-0.2, -0.15) is 0 Å². The number of nitrogens with zero attached hydrogens (tertiary/aromatic N) is 2. The van der Waals surface area contributed by atoms with E-state index in [9.17, 15) is 9.59 Å². The molecule has 0 bridgehead atoms. The van der Waals surface area contributed by atoms with Crippen molar-refractivity contribution in [2.45, 2.75) is 91.0 Å². The molecule has 6 nitrogen and oxygen atoms in total. The molecule has 0 radical (unpaired) electrons. The lowest BCUT2D eigenvalue weighted by Crippen LogP contribution is -2.67. The lowest BCUT2D eigenvalue weighted by Gasteiger charge is -2.51. The van der Waals surface area contributed by atoms with Crippen LogP contribution in [0.2, 0.25) is 12.1 Å². The number of carbonyl (C=O) groups excluding carboxylic acids is 2. The van der Waals surface area contributed by atoms with Crippen molar-refractivity contribution in [1.82, 2.24) is 0 Å². The van der Waals surface area contributed by atoms with Crippen molar-refractivity contribution in [2.24, 2.45) is 10.8 Å². The summed E-state index contributed by atoms with van der Waals surface area (Å²) in [6.07, 6.45) is 3.71. The van der Waals surface area contributed by atoms with E-state index in [4.69, 9.17) is 9.47 Å². The number of anilines is 2. The summed E-state index contributed by atoms with van der Waals surface area (Å²) in [6.45, 7) is 19.1. The molecule has 8 rings (SSSR count). The van der Waals surface area contributed by atoms with Crippen LogP contribution in [0, 0.1) is 10.8 Å². The zero-order chi connectivity index (χ0) is 33.1. The normalized spacial score (nSPS) is 22.5. The summed E-state index contributed by atoms with van der Waals surface area (Å²) < 4.78 is 12.5. The highest BCUT2D eigenvalue weighted by atomic mass is 28.3. The molecule has 2 spiro atoms. The standard InChI is InChI=1S/C40H48N2O4Si/c1-37(2,3)45-35(43)26-11-14-29-32(19-26)40(46-36(29)44)30-15-12-27(41-22-38(4,5)23-41)20-33(30)47(17-9-8-10-18-47)34-21-28(13-16-31(34)40)42-24-39(6,7)25-42/h11-16,19-21H,8-10,17-18,22-25H2,1-7H3. The van der Waals surface area contributed by atoms with Gasteiger partial charge in [0, 0.05) is 54.2 Å². The number of esters is 2. The van der Waals surface area contributed by atoms with Crippen LogP contribution in [-0.2, 0) is 15.1 Å². The van der Waals surface area contributed by atoms with Gasteiger partial charge in [-0.05, 0) is 96.5 Å². The quantitative estimate of drug-likeness (QED) is 0.229. The number of hydrogen-bond donors (Lipinski definition) is 0. The maximum atomic E-state index is 13.9. The average Bonchev–Trinajstić information content (AvgIpc) is 3.29. The van der Waals surface area contributed by atoms with Crippen molar-refractivity contribution in [3.05, 3.63) is 82.4 Å². The monoisotopic (exact) mass is 648 g/mol. The minimum absolute atomic E-state index is 0.307. The molecule has 5 aliphatic heterocycles. The van der Waals surface area contributed by atoms with Gasteiger partial charge in [-0.15, -0.1) is 0 Å². The van der Waals surface area contributed by atoms with Gasteiger partial charge < -0.3 is 19.3 Å². The Balaban J connectivity index is 1.37. The van der Waals surface area contributed by atoms with Gasteiger partial charge in [-0.1, -0.05) is 59.1 Å². The number of fused-ring (bicyclic) bond motifs is 8. The van der Waals surface area contributed by atoms with Crippen LogP contribution >= 0.6 is 0 Å². The second-order valence-corrected chi connectivity index (χ2v) is 21.7. The first-order chi connectivity index (χ1) is 22.1. The van der Waals surface area contributed by atoms with Crippen molar-refractivity contribution < 1.29 is 19.1 Å². The van der Waals surface area contributed by atoms with Crippen LogP contribution in [0.5, 0.6) is 0 Å². The molecule has 3 fully saturated rings. The Kier molecular flexibility index (Phi) is 6.52. The molecule has 0 N–H and O–H groups in total. The minimum atomic E-state index is -2.25. The maximum Gasteiger partial charge on any atom is 0.340 e. The first kappa shape index (κ1) is 30.7. The van der Waals surface area contributed by atoms with E-state index in [0.29, 0.717) is 22.0 Å². The molecule has 47 heavy (non-hydrogen) atoms. The Hall–Kier alpha value is -3.58. The molecule has 246 valence electrons. The van der Waals surface area contributed by atoms with Crippen molar-refractivity contribution in [1.29, 1.82) is 0 Å². The Bertz CT molecular complexity index is 1740. The first-order valence-electron chi connectivity index (χ1n) is 17.5. The van der Waals surface area contributed by atoms with E-state index in [-0.39, 0.29) is 5.97 Å². The van der Waals surface area contributed by atoms with E-state index < -0.39 is 25.2 Å². The highest BCUT2D eigenvalue weighted by Gasteiger charge is 2.59. The van der Waals surface area contributed by atoms with E-state index >= 15 is 0 Å². The summed E-state index contributed by atoms with van der Waals surface area (Å²) in [5, 5.41) is 2.83. The number of benzene rings is 3. The van der Waals surface area contributed by atoms with Gasteiger partial charge in [0.25, 0.3) is 0 Å². The summed E-state index contributed by atoms with van der Waals surface area (Å²) in [4.78, 5) is 32.3. The van der Waals surface area contributed by atoms with Gasteiger partial charge in [0.1, 0.15) is 13.7 Å². The Labute approximate surface area is 280 Å². The highest BCUT2D eigenvalue weighted by Crippen LogP contribution is 2.52. The lowest BCUT2D eigenvalue weighted by molar-refractivity contribution is 0.00692. The van der Waals surface area contributed by atoms with Crippen LogP contribution in [0.15, 0.2) is 54.6 Å². The molecule has 7 heteroatoms. The Morgan fingerprint density at radius 1 is 0.745 bits per heavy atom. The molecule has 5 aliphatic rings. The predicted octanol–water partition coefficient (Wildman–Crippen LogP) is 6.86. The van der Waals surface area contributed by atoms with Gasteiger partial charge in [0.15, 0.2) is 5.60 Å². The molecule has 0 saturated carbocycles. The third-order valence-corrected chi connectivity index (χ3v) is 16.5. The maximum absolute atomic E-state index is 13.9. The minimum Gasteiger partial charge on any atom is -0.456 e. The van der Waals surface area contributed by atoms with Crippen molar-refractivity contribution in [3.63, 3.8) is 0 Å². The highest BCUT2D eigenvalue weighted by molar-refractivity contribution is 7.03. The van der Waals surface area contributed by atoms with Gasteiger partial charge in [-0.3, -0.25) is 0 Å². The van der Waals surface area contributed by atoms with Gasteiger partial charge in [0.05, 0.1) is 11.1 Å². The van der Waals surface area contributed by atoms with Gasteiger partial charge in [-0.25, -0.2) is 9.59 Å². The number of ether oxygens (including phenoxy) is 2. The smallest absolute Gasteiger partial charge is 0.340 e. The first-order valence-corrected chi connectivity index (χ1v) is 19.9. The molecule has 0 atom stereocenters. The summed E-state index contributed by atoms with van der Waals surface area (Å²) >= 11 is 0. The fraction of sp³-hybridized carbons (Fsp3) is 0.500. The number of rotatable bonds is 3. The summed E-state index contributed by atoms with van der Waals surface area (Å²) in [7, 11) is -2.25. The van der Waals surface area contributed by atoms with Crippen LogP contribution in [-0.4, -0.2) is 51.8 Å². The van der Waals surface area contributed by atoms with Crippen molar-refractivity contribution in [2.75, 3.05) is 36.0 Å². The molecule has 3 saturated heterocycles. The van der Waals surface area contributed by atoms with Gasteiger partial charge >= 0.3 is 11.9 Å². The molecule has 5 heterocycles. The van der Waals surface area contributed by atoms with Crippen LogP contribution in [0.1, 0.15) is 105 Å². The van der Waals surface area contributed by atoms with E-state index in [1.807, 2.05) is 26.8 Å². The van der Waals surface area contributed by atoms with Crippen molar-refractivity contribution >= 4 is 41.8 Å². The number of hydrogen-bond acceptors (Lipinski definition) is 6. The topological polar surface area (TPSA) is 59.1 Å². The van der Waals surface area contributed by atoms with Crippen LogP contribution in [0.4, 0.5) is 11.4 Å². The molecule has 0 aliphatic carbocycles.